The second-order valence-corrected chi connectivity index (χ2v) is 1.23. The van der Waals surface area contributed by atoms with Crippen LogP contribution in [0.15, 0.2) is 16.5 Å². The van der Waals surface area contributed by atoms with E-state index in [2.05, 4.69) is 10.7 Å². The van der Waals surface area contributed by atoms with Crippen molar-refractivity contribution < 1.29 is 4.42 Å². The van der Waals surface area contributed by atoms with E-state index in [4.69, 9.17) is 11.6 Å². The molecule has 1 aromatic rings. The Morgan fingerprint density at radius 2 is 2.67 bits per heavy atom. The predicted molar refractivity (Wildman–Crippen MR) is 22.6 cm³/mol. The molecular weight excluding hydrogens is 99.5 g/mol. The predicted octanol–water partition coefficient (Wildman–Crippen LogP) is 1.73. The molecule has 0 aliphatic carbocycles. The van der Waals surface area contributed by atoms with Gasteiger partial charge in [-0.1, -0.05) is 0 Å². The summed E-state index contributed by atoms with van der Waals surface area (Å²) >= 11 is 5.26. The van der Waals surface area contributed by atoms with E-state index in [1.54, 1.807) is 12.1 Å². The first-order chi connectivity index (χ1) is 2.89. The molecular formula is C4H2ClO. The van der Waals surface area contributed by atoms with Crippen LogP contribution < -0.4 is 0 Å². The van der Waals surface area contributed by atoms with Crippen molar-refractivity contribution in [1.29, 1.82) is 0 Å². The molecule has 0 aromatic carbocycles. The van der Waals surface area contributed by atoms with E-state index in [0.717, 1.165) is 0 Å². The van der Waals surface area contributed by atoms with Gasteiger partial charge in [0.05, 0.1) is 0 Å². The molecule has 2 heteroatoms. The second kappa shape index (κ2) is 1.35. The molecule has 6 heavy (non-hydrogen) atoms. The van der Waals surface area contributed by atoms with Crippen LogP contribution in [0.2, 0.25) is 5.22 Å². The highest BCUT2D eigenvalue weighted by atomic mass is 35.5. The summed E-state index contributed by atoms with van der Waals surface area (Å²) in [6.07, 6.45) is 2.42. The summed E-state index contributed by atoms with van der Waals surface area (Å²) in [5.74, 6) is 0. The van der Waals surface area contributed by atoms with Crippen LogP contribution >= 0.6 is 11.6 Å². The monoisotopic (exact) mass is 101 g/mol. The van der Waals surface area contributed by atoms with Gasteiger partial charge in [-0.15, -0.1) is 0 Å². The Kier molecular flexibility index (Phi) is 0.843. The van der Waals surface area contributed by atoms with Crippen molar-refractivity contribution in [1.82, 2.24) is 0 Å². The van der Waals surface area contributed by atoms with Gasteiger partial charge < -0.3 is 4.42 Å². The van der Waals surface area contributed by atoms with Crippen LogP contribution in [0.25, 0.3) is 0 Å². The van der Waals surface area contributed by atoms with Crippen LogP contribution in [0.4, 0.5) is 0 Å². The van der Waals surface area contributed by atoms with Crippen molar-refractivity contribution in [2.24, 2.45) is 0 Å². The number of hydrogen-bond acceptors (Lipinski definition) is 1. The quantitative estimate of drug-likeness (QED) is 0.485. The van der Waals surface area contributed by atoms with Gasteiger partial charge in [0.15, 0.2) is 11.5 Å². The highest BCUT2D eigenvalue weighted by molar-refractivity contribution is 6.28. The Bertz CT molecular complexity index is 111. The summed E-state index contributed by atoms with van der Waals surface area (Å²) in [7, 11) is 0. The van der Waals surface area contributed by atoms with Crippen molar-refractivity contribution in [2.45, 2.75) is 0 Å². The van der Waals surface area contributed by atoms with Gasteiger partial charge in [0, 0.05) is 0 Å². The fourth-order valence-electron chi connectivity index (χ4n) is 0.224. The van der Waals surface area contributed by atoms with Crippen molar-refractivity contribution >= 4 is 11.6 Å². The van der Waals surface area contributed by atoms with Crippen molar-refractivity contribution in [3.8, 4) is 0 Å². The molecule has 1 radical (unpaired) electrons. The third-order valence-electron chi connectivity index (χ3n) is 0.439. The Morgan fingerprint density at radius 3 is 2.83 bits per heavy atom. The van der Waals surface area contributed by atoms with Crippen molar-refractivity contribution in [3.63, 3.8) is 0 Å². The zero-order chi connectivity index (χ0) is 4.41. The van der Waals surface area contributed by atoms with Gasteiger partial charge in [0.1, 0.15) is 0 Å². The highest BCUT2D eigenvalue weighted by Crippen LogP contribution is 2.04. The lowest BCUT2D eigenvalue weighted by Gasteiger charge is -1.64. The Labute approximate surface area is 40.5 Å². The third kappa shape index (κ3) is 0.546. The van der Waals surface area contributed by atoms with Crippen LogP contribution in [-0.4, -0.2) is 0 Å². The molecule has 1 heterocycles. The van der Waals surface area contributed by atoms with Crippen molar-refractivity contribution in [3.05, 3.63) is 23.6 Å². The number of halogens is 1. The van der Waals surface area contributed by atoms with Gasteiger partial charge in [-0.2, -0.15) is 0 Å². The van der Waals surface area contributed by atoms with E-state index in [0.29, 0.717) is 5.22 Å². The maximum Gasteiger partial charge on any atom is 0.194 e. The first-order valence-corrected chi connectivity index (χ1v) is 1.89. The second-order valence-electron chi connectivity index (χ2n) is 0.857. The number of rotatable bonds is 0. The number of furan rings is 1. The maximum atomic E-state index is 5.26. The fourth-order valence-corrected chi connectivity index (χ4v) is 0.331. The van der Waals surface area contributed by atoms with Gasteiger partial charge in [0.2, 0.25) is 0 Å². The molecule has 0 fully saturated rings. The van der Waals surface area contributed by atoms with E-state index in [1.807, 2.05) is 0 Å². The number of hydrogen-bond donors (Lipinski definition) is 0. The van der Waals surface area contributed by atoms with E-state index in [9.17, 15) is 0 Å². The molecule has 31 valence electrons. The van der Waals surface area contributed by atoms with Crippen LogP contribution in [0.5, 0.6) is 0 Å². The van der Waals surface area contributed by atoms with Gasteiger partial charge in [-0.05, 0) is 23.7 Å². The molecule has 0 spiro atoms. The molecule has 0 bridgehead atoms. The summed E-state index contributed by atoms with van der Waals surface area (Å²) in [6.45, 7) is 0. The molecule has 0 aliphatic heterocycles. The molecule has 0 unspecified atom stereocenters. The van der Waals surface area contributed by atoms with E-state index < -0.39 is 0 Å². The van der Waals surface area contributed by atoms with Crippen molar-refractivity contribution in [2.75, 3.05) is 0 Å². The van der Waals surface area contributed by atoms with Crippen LogP contribution in [0.1, 0.15) is 0 Å². The molecule has 0 aliphatic rings. The SMILES string of the molecule is Clc1cc[c]o1. The largest absolute Gasteiger partial charge is 0.441 e. The first kappa shape index (κ1) is 3.75. The zero-order valence-corrected chi connectivity index (χ0v) is 3.70. The maximum absolute atomic E-state index is 5.26. The summed E-state index contributed by atoms with van der Waals surface area (Å²) in [4.78, 5) is 0. The smallest absolute Gasteiger partial charge is 0.194 e. The first-order valence-electron chi connectivity index (χ1n) is 1.51. The molecule has 0 atom stereocenters. The zero-order valence-electron chi connectivity index (χ0n) is 2.94. The van der Waals surface area contributed by atoms with Crippen LogP contribution in [0.3, 0.4) is 0 Å². The van der Waals surface area contributed by atoms with Crippen LogP contribution in [0, 0.1) is 6.26 Å². The molecule has 0 saturated heterocycles. The standard InChI is InChI=1S/C4H2ClO/c5-4-2-1-3-6-4/h1-2H. The Hall–Kier alpha value is -0.430. The molecule has 0 N–H and O–H groups in total. The Morgan fingerprint density at radius 1 is 1.83 bits per heavy atom. The van der Waals surface area contributed by atoms with Crippen LogP contribution in [-0.2, 0) is 0 Å². The minimum absolute atomic E-state index is 0.384. The third-order valence-corrected chi connectivity index (χ3v) is 0.642. The normalized spacial score (nSPS) is 8.83. The lowest BCUT2D eigenvalue weighted by atomic mass is 10.7. The molecule has 0 saturated carbocycles. The van der Waals surface area contributed by atoms with E-state index in [-0.39, 0.29) is 0 Å². The fraction of sp³-hybridized carbons (Fsp3) is 0. The minimum Gasteiger partial charge on any atom is -0.441 e. The topological polar surface area (TPSA) is 13.1 Å². The molecule has 0 amide bonds. The van der Waals surface area contributed by atoms with Gasteiger partial charge in [0.25, 0.3) is 0 Å². The lowest BCUT2D eigenvalue weighted by molar-refractivity contribution is 0.560. The lowest BCUT2D eigenvalue weighted by Crippen LogP contribution is -1.35. The summed E-state index contributed by atoms with van der Waals surface area (Å²) in [5, 5.41) is 0.384. The van der Waals surface area contributed by atoms with E-state index >= 15 is 0 Å². The average Bonchev–Trinajstić information content (AvgIpc) is 1.86. The summed E-state index contributed by atoms with van der Waals surface area (Å²) in [6, 6.07) is 3.24. The molecule has 1 aromatic heterocycles. The molecule has 1 nitrogen and oxygen atoms in total. The molecule has 1 rings (SSSR count). The van der Waals surface area contributed by atoms with E-state index in [1.165, 1.54) is 0 Å². The summed E-state index contributed by atoms with van der Waals surface area (Å²) < 4.78 is 4.47. The Balaban J connectivity index is 3.05. The average molecular weight is 102 g/mol. The van der Waals surface area contributed by atoms with Gasteiger partial charge >= 0.3 is 0 Å². The van der Waals surface area contributed by atoms with Gasteiger partial charge in [-0.25, -0.2) is 0 Å². The summed E-state index contributed by atoms with van der Waals surface area (Å²) in [5.41, 5.74) is 0. The highest BCUT2D eigenvalue weighted by Gasteiger charge is 1.80. The van der Waals surface area contributed by atoms with Gasteiger partial charge in [-0.3, -0.25) is 0 Å². The minimum atomic E-state index is 0.384.